The molecule has 20 heavy (non-hydrogen) atoms. The molecule has 0 saturated heterocycles. The lowest BCUT2D eigenvalue weighted by molar-refractivity contribution is 0.00642. The monoisotopic (exact) mass is 297 g/mol. The smallest absolute Gasteiger partial charge is 0.226 e. The van der Waals surface area contributed by atoms with Crippen LogP contribution in [-0.4, -0.2) is 36.3 Å². The predicted molar refractivity (Wildman–Crippen MR) is 78.3 cm³/mol. The number of rotatable bonds is 4. The Balaban J connectivity index is 2.19. The Kier molecular flexibility index (Phi) is 3.75. The molecule has 0 spiro atoms. The minimum atomic E-state index is -3.49. The number of fused-ring (bicyclic) bond motifs is 1. The first-order chi connectivity index (χ1) is 9.17. The maximum Gasteiger partial charge on any atom is 0.226 e. The topological polar surface area (TPSA) is 98.1 Å². The molecule has 0 radical (unpaired) electrons. The van der Waals surface area contributed by atoms with Crippen LogP contribution in [0.5, 0.6) is 0 Å². The number of aromatic nitrogens is 2. The van der Waals surface area contributed by atoms with E-state index in [1.165, 1.54) is 0 Å². The molecule has 0 amide bonds. The third-order valence-corrected chi connectivity index (χ3v) is 4.15. The molecule has 1 heterocycles. The standard InChI is InChI=1S/C13H19N3O3S/c1-13(2,3)19-6-7-20(17,18)12-15-10-5-4-9(14)8-11(10)16-12/h4-5,8H,6-7,14H2,1-3H3,(H,15,16). The van der Waals surface area contributed by atoms with Gasteiger partial charge in [-0.1, -0.05) is 0 Å². The summed E-state index contributed by atoms with van der Waals surface area (Å²) in [5.41, 5.74) is 7.04. The molecule has 0 aliphatic heterocycles. The van der Waals surface area contributed by atoms with Gasteiger partial charge in [-0.05, 0) is 39.0 Å². The molecular formula is C13H19N3O3S. The van der Waals surface area contributed by atoms with E-state index >= 15 is 0 Å². The average molecular weight is 297 g/mol. The van der Waals surface area contributed by atoms with Gasteiger partial charge in [0.15, 0.2) is 0 Å². The lowest BCUT2D eigenvalue weighted by Gasteiger charge is -2.18. The second-order valence-electron chi connectivity index (χ2n) is 5.60. The summed E-state index contributed by atoms with van der Waals surface area (Å²) in [5, 5.41) is -0.0457. The number of nitrogens with one attached hydrogen (secondary N) is 1. The molecule has 1 aromatic carbocycles. The van der Waals surface area contributed by atoms with E-state index in [0.29, 0.717) is 16.7 Å². The molecule has 2 rings (SSSR count). The van der Waals surface area contributed by atoms with Crippen molar-refractivity contribution in [1.82, 2.24) is 9.97 Å². The van der Waals surface area contributed by atoms with E-state index < -0.39 is 9.84 Å². The van der Waals surface area contributed by atoms with Crippen molar-refractivity contribution in [2.45, 2.75) is 31.5 Å². The minimum Gasteiger partial charge on any atom is -0.399 e. The van der Waals surface area contributed by atoms with Crippen molar-refractivity contribution >= 4 is 26.6 Å². The summed E-state index contributed by atoms with van der Waals surface area (Å²) >= 11 is 0. The zero-order chi connectivity index (χ0) is 15.0. The molecule has 0 bridgehead atoms. The van der Waals surface area contributed by atoms with E-state index in [1.54, 1.807) is 18.2 Å². The van der Waals surface area contributed by atoms with Gasteiger partial charge in [-0.15, -0.1) is 0 Å². The lowest BCUT2D eigenvalue weighted by atomic mass is 10.2. The highest BCUT2D eigenvalue weighted by molar-refractivity contribution is 7.91. The van der Waals surface area contributed by atoms with Gasteiger partial charge in [0.25, 0.3) is 0 Å². The maximum absolute atomic E-state index is 12.2. The van der Waals surface area contributed by atoms with E-state index in [4.69, 9.17) is 10.5 Å². The summed E-state index contributed by atoms with van der Waals surface area (Å²) in [6.07, 6.45) is 0. The number of benzene rings is 1. The van der Waals surface area contributed by atoms with Crippen LogP contribution >= 0.6 is 0 Å². The van der Waals surface area contributed by atoms with Crippen molar-refractivity contribution in [3.8, 4) is 0 Å². The van der Waals surface area contributed by atoms with Crippen molar-refractivity contribution in [1.29, 1.82) is 0 Å². The summed E-state index contributed by atoms with van der Waals surface area (Å²) in [6, 6.07) is 5.03. The van der Waals surface area contributed by atoms with Gasteiger partial charge in [0.2, 0.25) is 15.0 Å². The SMILES string of the molecule is CC(C)(C)OCCS(=O)(=O)c1nc2ccc(N)cc2[nH]1. The molecule has 6 nitrogen and oxygen atoms in total. The van der Waals surface area contributed by atoms with Crippen molar-refractivity contribution in [2.24, 2.45) is 0 Å². The van der Waals surface area contributed by atoms with Gasteiger partial charge in [0, 0.05) is 5.69 Å². The van der Waals surface area contributed by atoms with Gasteiger partial charge < -0.3 is 15.5 Å². The Morgan fingerprint density at radius 3 is 2.70 bits per heavy atom. The zero-order valence-corrected chi connectivity index (χ0v) is 12.6. The second kappa shape index (κ2) is 5.06. The van der Waals surface area contributed by atoms with E-state index in [9.17, 15) is 8.42 Å². The highest BCUT2D eigenvalue weighted by Gasteiger charge is 2.20. The molecule has 0 fully saturated rings. The molecular weight excluding hydrogens is 278 g/mol. The van der Waals surface area contributed by atoms with Crippen LogP contribution < -0.4 is 5.73 Å². The number of hydrogen-bond donors (Lipinski definition) is 2. The van der Waals surface area contributed by atoms with Crippen LogP contribution in [0.2, 0.25) is 0 Å². The summed E-state index contributed by atoms with van der Waals surface area (Å²) < 4.78 is 29.8. The van der Waals surface area contributed by atoms with Crippen molar-refractivity contribution in [3.05, 3.63) is 18.2 Å². The fourth-order valence-corrected chi connectivity index (χ4v) is 2.70. The molecule has 0 saturated carbocycles. The Morgan fingerprint density at radius 1 is 1.35 bits per heavy atom. The maximum atomic E-state index is 12.2. The number of imidazole rings is 1. The zero-order valence-electron chi connectivity index (χ0n) is 11.8. The highest BCUT2D eigenvalue weighted by Crippen LogP contribution is 2.18. The number of ether oxygens (including phenoxy) is 1. The Labute approximate surface area is 118 Å². The van der Waals surface area contributed by atoms with E-state index in [2.05, 4.69) is 9.97 Å². The molecule has 1 aromatic heterocycles. The second-order valence-corrected chi connectivity index (χ2v) is 7.62. The Hall–Kier alpha value is -1.60. The third kappa shape index (κ3) is 3.49. The molecule has 0 aliphatic rings. The first-order valence-electron chi connectivity index (χ1n) is 6.29. The van der Waals surface area contributed by atoms with Crippen molar-refractivity contribution in [2.75, 3.05) is 18.1 Å². The number of hydrogen-bond acceptors (Lipinski definition) is 5. The van der Waals surface area contributed by atoms with Crippen LogP contribution in [0.3, 0.4) is 0 Å². The number of anilines is 1. The molecule has 7 heteroatoms. The van der Waals surface area contributed by atoms with E-state index in [-0.39, 0.29) is 23.1 Å². The van der Waals surface area contributed by atoms with Gasteiger partial charge >= 0.3 is 0 Å². The largest absolute Gasteiger partial charge is 0.399 e. The minimum absolute atomic E-state index is 0.0457. The van der Waals surface area contributed by atoms with Crippen molar-refractivity contribution in [3.63, 3.8) is 0 Å². The van der Waals surface area contributed by atoms with Crippen LogP contribution in [0.4, 0.5) is 5.69 Å². The van der Waals surface area contributed by atoms with E-state index in [1.807, 2.05) is 20.8 Å². The van der Waals surface area contributed by atoms with Gasteiger partial charge in [-0.25, -0.2) is 13.4 Å². The third-order valence-electron chi connectivity index (χ3n) is 2.67. The van der Waals surface area contributed by atoms with Crippen molar-refractivity contribution < 1.29 is 13.2 Å². The Bertz CT molecular complexity index is 714. The van der Waals surface area contributed by atoms with Crippen LogP contribution in [0.25, 0.3) is 11.0 Å². The first-order valence-corrected chi connectivity index (χ1v) is 7.95. The summed E-state index contributed by atoms with van der Waals surface area (Å²) in [7, 11) is -3.49. The van der Waals surface area contributed by atoms with Crippen LogP contribution in [0.15, 0.2) is 23.4 Å². The molecule has 2 aromatic rings. The summed E-state index contributed by atoms with van der Waals surface area (Å²) in [5.74, 6) is -0.112. The van der Waals surface area contributed by atoms with Gasteiger partial charge in [0.1, 0.15) is 0 Å². The molecule has 110 valence electrons. The molecule has 0 unspecified atom stereocenters. The average Bonchev–Trinajstić information content (AvgIpc) is 2.70. The fourth-order valence-electron chi connectivity index (χ4n) is 1.71. The van der Waals surface area contributed by atoms with E-state index in [0.717, 1.165) is 0 Å². The number of sulfone groups is 1. The van der Waals surface area contributed by atoms with Crippen LogP contribution in [-0.2, 0) is 14.6 Å². The fraction of sp³-hybridized carbons (Fsp3) is 0.462. The number of nitrogen functional groups attached to an aromatic ring is 1. The molecule has 0 aliphatic carbocycles. The number of aromatic amines is 1. The van der Waals surface area contributed by atoms with Gasteiger partial charge in [-0.3, -0.25) is 0 Å². The molecule has 3 N–H and O–H groups in total. The van der Waals surface area contributed by atoms with Gasteiger partial charge in [0.05, 0.1) is 29.0 Å². The first kappa shape index (κ1) is 14.8. The normalized spacial score (nSPS) is 12.9. The lowest BCUT2D eigenvalue weighted by Crippen LogP contribution is -2.24. The summed E-state index contributed by atoms with van der Waals surface area (Å²) in [6.45, 7) is 5.77. The number of nitrogens with zero attached hydrogens (tertiary/aromatic N) is 1. The molecule has 0 atom stereocenters. The number of H-pyrrole nitrogens is 1. The highest BCUT2D eigenvalue weighted by atomic mass is 32.2. The van der Waals surface area contributed by atoms with Crippen LogP contribution in [0.1, 0.15) is 20.8 Å². The predicted octanol–water partition coefficient (Wildman–Crippen LogP) is 1.73. The number of nitrogens with two attached hydrogens (primary N) is 1. The quantitative estimate of drug-likeness (QED) is 0.837. The van der Waals surface area contributed by atoms with Crippen LogP contribution in [0, 0.1) is 0 Å². The Morgan fingerprint density at radius 2 is 2.05 bits per heavy atom. The van der Waals surface area contributed by atoms with Gasteiger partial charge in [-0.2, -0.15) is 0 Å². The summed E-state index contributed by atoms with van der Waals surface area (Å²) in [4.78, 5) is 6.88.